The molecule has 5 heteroatoms. The van der Waals surface area contributed by atoms with Crippen LogP contribution in [0, 0.1) is 0 Å². The van der Waals surface area contributed by atoms with Crippen LogP contribution in [0.2, 0.25) is 0 Å². The first-order valence-corrected chi connectivity index (χ1v) is 7.95. The van der Waals surface area contributed by atoms with Crippen molar-refractivity contribution < 1.29 is 0 Å². The van der Waals surface area contributed by atoms with Gasteiger partial charge in [-0.15, -0.1) is 0 Å². The van der Waals surface area contributed by atoms with Crippen LogP contribution in [0.1, 0.15) is 25.5 Å². The van der Waals surface area contributed by atoms with Crippen molar-refractivity contribution >= 4 is 11.0 Å². The van der Waals surface area contributed by atoms with Crippen LogP contribution >= 0.6 is 0 Å². The van der Waals surface area contributed by atoms with Gasteiger partial charge >= 0.3 is 0 Å². The van der Waals surface area contributed by atoms with Gasteiger partial charge in [0.25, 0.3) is 0 Å². The molecule has 0 atom stereocenters. The van der Waals surface area contributed by atoms with Gasteiger partial charge in [-0.05, 0) is 42.3 Å². The Bertz CT molecular complexity index is 1000. The highest BCUT2D eigenvalue weighted by Gasteiger charge is 2.14. The molecule has 5 nitrogen and oxygen atoms in total. The number of aromatic amines is 1. The first-order chi connectivity index (χ1) is 11.7. The van der Waals surface area contributed by atoms with Gasteiger partial charge in [-0.3, -0.25) is 15.1 Å². The molecule has 0 saturated heterocycles. The predicted octanol–water partition coefficient (Wildman–Crippen LogP) is 4.21. The van der Waals surface area contributed by atoms with Crippen LogP contribution < -0.4 is 0 Å². The van der Waals surface area contributed by atoms with Gasteiger partial charge < -0.3 is 0 Å². The third-order valence-corrected chi connectivity index (χ3v) is 3.99. The second-order valence-electron chi connectivity index (χ2n) is 6.00. The van der Waals surface area contributed by atoms with Crippen molar-refractivity contribution in [1.29, 1.82) is 0 Å². The number of pyridine rings is 3. The molecule has 4 heterocycles. The van der Waals surface area contributed by atoms with Gasteiger partial charge in [0.05, 0.1) is 34.3 Å². The monoisotopic (exact) mass is 315 g/mol. The first-order valence-electron chi connectivity index (χ1n) is 7.95. The lowest BCUT2D eigenvalue weighted by Crippen LogP contribution is -1.95. The van der Waals surface area contributed by atoms with Gasteiger partial charge in [-0.25, -0.2) is 4.98 Å². The average molecular weight is 315 g/mol. The fourth-order valence-corrected chi connectivity index (χ4v) is 2.69. The molecule has 0 aliphatic heterocycles. The maximum absolute atomic E-state index is 4.75. The average Bonchev–Trinajstić information content (AvgIpc) is 3.11. The zero-order valence-electron chi connectivity index (χ0n) is 13.6. The van der Waals surface area contributed by atoms with E-state index in [9.17, 15) is 0 Å². The number of rotatable bonds is 3. The van der Waals surface area contributed by atoms with Crippen molar-refractivity contribution in [2.45, 2.75) is 19.8 Å². The zero-order chi connectivity index (χ0) is 16.5. The van der Waals surface area contributed by atoms with E-state index in [1.807, 2.05) is 42.5 Å². The summed E-state index contributed by atoms with van der Waals surface area (Å²) >= 11 is 0. The Morgan fingerprint density at radius 2 is 1.79 bits per heavy atom. The first kappa shape index (κ1) is 14.5. The summed E-state index contributed by atoms with van der Waals surface area (Å²) in [6.45, 7) is 4.27. The molecule has 0 amide bonds. The quantitative estimate of drug-likeness (QED) is 0.615. The van der Waals surface area contributed by atoms with Gasteiger partial charge in [-0.1, -0.05) is 19.9 Å². The molecular weight excluding hydrogens is 298 g/mol. The number of fused-ring (bicyclic) bond motifs is 1. The highest BCUT2D eigenvalue weighted by atomic mass is 15.1. The molecular formula is C19H17N5. The lowest BCUT2D eigenvalue weighted by Gasteiger charge is -2.08. The Morgan fingerprint density at radius 3 is 2.67 bits per heavy atom. The highest BCUT2D eigenvalue weighted by Crippen LogP contribution is 2.29. The summed E-state index contributed by atoms with van der Waals surface area (Å²) < 4.78 is 0. The van der Waals surface area contributed by atoms with Crippen molar-refractivity contribution in [2.24, 2.45) is 0 Å². The minimum Gasteiger partial charge on any atom is -0.276 e. The molecule has 0 saturated carbocycles. The third kappa shape index (κ3) is 2.54. The Balaban J connectivity index is 1.83. The highest BCUT2D eigenvalue weighted by molar-refractivity contribution is 5.82. The minimum absolute atomic E-state index is 0.376. The summed E-state index contributed by atoms with van der Waals surface area (Å²) in [4.78, 5) is 13.8. The molecule has 0 bridgehead atoms. The number of nitrogens with zero attached hydrogens (tertiary/aromatic N) is 4. The molecule has 4 aromatic heterocycles. The van der Waals surface area contributed by atoms with E-state index >= 15 is 0 Å². The Morgan fingerprint density at radius 1 is 0.875 bits per heavy atom. The molecule has 118 valence electrons. The van der Waals surface area contributed by atoms with E-state index in [1.54, 1.807) is 12.4 Å². The summed E-state index contributed by atoms with van der Waals surface area (Å²) in [5.41, 5.74) is 6.36. The molecule has 0 aliphatic rings. The van der Waals surface area contributed by atoms with Gasteiger partial charge in [-0.2, -0.15) is 5.10 Å². The summed E-state index contributed by atoms with van der Waals surface area (Å²) in [6.07, 6.45) is 3.57. The molecule has 0 spiro atoms. The molecule has 0 aromatic carbocycles. The van der Waals surface area contributed by atoms with Crippen molar-refractivity contribution in [1.82, 2.24) is 25.1 Å². The summed E-state index contributed by atoms with van der Waals surface area (Å²) in [5, 5.41) is 7.28. The van der Waals surface area contributed by atoms with E-state index in [2.05, 4.69) is 29.0 Å². The maximum atomic E-state index is 4.75. The normalized spacial score (nSPS) is 11.3. The van der Waals surface area contributed by atoms with Crippen molar-refractivity contribution in [2.75, 3.05) is 0 Å². The molecule has 0 unspecified atom stereocenters. The Labute approximate surface area is 139 Å². The SMILES string of the molecule is CC(C)c1cccc(-c2[nH]ncc2-c2ccc3ncccc3n2)n1. The third-order valence-electron chi connectivity index (χ3n) is 3.99. The topological polar surface area (TPSA) is 67.3 Å². The van der Waals surface area contributed by atoms with Crippen LogP contribution in [0.4, 0.5) is 0 Å². The van der Waals surface area contributed by atoms with Crippen molar-refractivity contribution in [3.8, 4) is 22.6 Å². The fourth-order valence-electron chi connectivity index (χ4n) is 2.69. The van der Waals surface area contributed by atoms with Crippen LogP contribution in [0.5, 0.6) is 0 Å². The molecule has 4 aromatic rings. The Kier molecular flexibility index (Phi) is 3.54. The maximum Gasteiger partial charge on any atom is 0.0928 e. The van der Waals surface area contributed by atoms with E-state index < -0.39 is 0 Å². The second-order valence-corrected chi connectivity index (χ2v) is 6.00. The van der Waals surface area contributed by atoms with Crippen molar-refractivity contribution in [3.05, 3.63) is 60.6 Å². The molecule has 24 heavy (non-hydrogen) atoms. The van der Waals surface area contributed by atoms with Crippen LogP contribution in [-0.2, 0) is 0 Å². The lowest BCUT2D eigenvalue weighted by molar-refractivity contribution is 0.824. The van der Waals surface area contributed by atoms with Gasteiger partial charge in [0.15, 0.2) is 0 Å². The standard InChI is InChI=1S/C19H17N5/c1-12(2)14-5-3-6-18(22-14)19-13(11-21-24-19)15-8-9-16-17(23-15)7-4-10-20-16/h3-12H,1-2H3,(H,21,24). The number of aromatic nitrogens is 5. The number of H-pyrrole nitrogens is 1. The molecule has 1 N–H and O–H groups in total. The van der Waals surface area contributed by atoms with E-state index in [4.69, 9.17) is 9.97 Å². The van der Waals surface area contributed by atoms with E-state index in [0.29, 0.717) is 5.92 Å². The predicted molar refractivity (Wildman–Crippen MR) is 94.4 cm³/mol. The van der Waals surface area contributed by atoms with Crippen LogP contribution in [-0.4, -0.2) is 25.1 Å². The largest absolute Gasteiger partial charge is 0.276 e. The van der Waals surface area contributed by atoms with Gasteiger partial charge in [0.1, 0.15) is 0 Å². The number of hydrogen-bond acceptors (Lipinski definition) is 4. The lowest BCUT2D eigenvalue weighted by atomic mass is 10.1. The summed E-state index contributed by atoms with van der Waals surface area (Å²) in [5.74, 6) is 0.376. The van der Waals surface area contributed by atoms with E-state index in [0.717, 1.165) is 39.4 Å². The van der Waals surface area contributed by atoms with Crippen LogP contribution in [0.15, 0.2) is 54.9 Å². The van der Waals surface area contributed by atoms with Crippen LogP contribution in [0.3, 0.4) is 0 Å². The summed E-state index contributed by atoms with van der Waals surface area (Å²) in [6, 6.07) is 13.9. The van der Waals surface area contributed by atoms with E-state index in [-0.39, 0.29) is 0 Å². The van der Waals surface area contributed by atoms with E-state index in [1.165, 1.54) is 0 Å². The smallest absolute Gasteiger partial charge is 0.0928 e. The number of hydrogen-bond donors (Lipinski definition) is 1. The zero-order valence-corrected chi connectivity index (χ0v) is 13.6. The molecule has 4 rings (SSSR count). The molecule has 0 aliphatic carbocycles. The van der Waals surface area contributed by atoms with Gasteiger partial charge in [0.2, 0.25) is 0 Å². The molecule has 0 radical (unpaired) electrons. The van der Waals surface area contributed by atoms with Crippen molar-refractivity contribution in [3.63, 3.8) is 0 Å². The van der Waals surface area contributed by atoms with Gasteiger partial charge in [0, 0.05) is 17.5 Å². The fraction of sp³-hybridized carbons (Fsp3) is 0.158. The molecule has 0 fully saturated rings. The Hall–Kier alpha value is -3.08. The summed E-state index contributed by atoms with van der Waals surface area (Å²) in [7, 11) is 0. The number of nitrogens with one attached hydrogen (secondary N) is 1. The minimum atomic E-state index is 0.376. The van der Waals surface area contributed by atoms with Crippen LogP contribution in [0.25, 0.3) is 33.7 Å². The second kappa shape index (κ2) is 5.85.